The van der Waals surface area contributed by atoms with E-state index < -0.39 is 4.92 Å². The van der Waals surface area contributed by atoms with Crippen LogP contribution in [0.5, 0.6) is 0 Å². The van der Waals surface area contributed by atoms with Crippen LogP contribution in [0.3, 0.4) is 0 Å². The Balaban J connectivity index is 1.93. The van der Waals surface area contributed by atoms with E-state index in [9.17, 15) is 14.9 Å². The van der Waals surface area contributed by atoms with Crippen LogP contribution in [0.25, 0.3) is 0 Å². The molecule has 0 aliphatic carbocycles. The largest absolute Gasteiger partial charge is 0.352 e. The van der Waals surface area contributed by atoms with E-state index in [1.54, 1.807) is 13.1 Å². The molecule has 23 heavy (non-hydrogen) atoms. The molecule has 1 atom stereocenters. The van der Waals surface area contributed by atoms with Gasteiger partial charge in [0, 0.05) is 42.7 Å². The summed E-state index contributed by atoms with van der Waals surface area (Å²) in [4.78, 5) is 26.7. The minimum atomic E-state index is -0.452. The molecule has 1 aromatic heterocycles. The number of carbonyl (C=O) groups excluding carboxylic acids is 1. The van der Waals surface area contributed by atoms with Crippen LogP contribution in [0, 0.1) is 29.9 Å². The van der Waals surface area contributed by atoms with Crippen molar-refractivity contribution in [3.05, 3.63) is 57.7 Å². The van der Waals surface area contributed by atoms with Gasteiger partial charge in [0.05, 0.1) is 4.92 Å². The Labute approximate surface area is 134 Å². The van der Waals surface area contributed by atoms with Crippen LogP contribution in [0.1, 0.15) is 28.7 Å². The average molecular weight is 316 g/mol. The molecule has 7 nitrogen and oxygen atoms in total. The fourth-order valence-corrected chi connectivity index (χ4v) is 2.37. The number of imidazole rings is 1. The molecular formula is C16H20N4O3. The zero-order valence-corrected chi connectivity index (χ0v) is 13.4. The maximum atomic E-state index is 12.2. The number of nitrogens with zero attached hydrogens (tertiary/aromatic N) is 3. The molecule has 1 aromatic carbocycles. The van der Waals surface area contributed by atoms with Gasteiger partial charge in [0.2, 0.25) is 0 Å². The van der Waals surface area contributed by atoms with Gasteiger partial charge in [0.25, 0.3) is 11.6 Å². The van der Waals surface area contributed by atoms with E-state index in [0.29, 0.717) is 17.7 Å². The number of benzene rings is 1. The van der Waals surface area contributed by atoms with Crippen molar-refractivity contribution in [3.63, 3.8) is 0 Å². The standard InChI is InChI=1S/C16H20N4O3/c1-11(10-19-7-6-17-13(19)3)9-18-16(21)14-4-5-15(20(22)23)12(2)8-14/h4-8,11H,9-10H2,1-3H3,(H,18,21)/t11-/m1/s1. The highest BCUT2D eigenvalue weighted by Gasteiger charge is 2.14. The molecule has 0 spiro atoms. The molecule has 2 aromatic rings. The van der Waals surface area contributed by atoms with Gasteiger partial charge in [-0.2, -0.15) is 0 Å². The molecule has 0 fully saturated rings. The predicted octanol–water partition coefficient (Wildman–Crippen LogP) is 2.47. The second-order valence-corrected chi connectivity index (χ2v) is 5.70. The van der Waals surface area contributed by atoms with Crippen LogP contribution >= 0.6 is 0 Å². The molecule has 1 heterocycles. The highest BCUT2D eigenvalue weighted by molar-refractivity contribution is 5.94. The van der Waals surface area contributed by atoms with Crippen molar-refractivity contribution >= 4 is 11.6 Å². The Morgan fingerprint density at radius 1 is 1.43 bits per heavy atom. The second kappa shape index (κ2) is 7.04. The molecule has 1 amide bonds. The number of carbonyl (C=O) groups is 1. The first-order valence-corrected chi connectivity index (χ1v) is 7.39. The third-order valence-electron chi connectivity index (χ3n) is 3.70. The summed E-state index contributed by atoms with van der Waals surface area (Å²) in [6.45, 7) is 6.89. The van der Waals surface area contributed by atoms with Crippen molar-refractivity contribution in [1.29, 1.82) is 0 Å². The van der Waals surface area contributed by atoms with E-state index >= 15 is 0 Å². The summed E-state index contributed by atoms with van der Waals surface area (Å²) in [5.74, 6) is 0.956. The number of hydrogen-bond donors (Lipinski definition) is 1. The van der Waals surface area contributed by atoms with Crippen molar-refractivity contribution in [2.24, 2.45) is 5.92 Å². The number of amides is 1. The van der Waals surface area contributed by atoms with Crippen molar-refractivity contribution in [3.8, 4) is 0 Å². The first-order chi connectivity index (χ1) is 10.9. The molecule has 0 saturated carbocycles. The molecule has 0 unspecified atom stereocenters. The number of aromatic nitrogens is 2. The number of rotatable bonds is 6. The second-order valence-electron chi connectivity index (χ2n) is 5.70. The average Bonchev–Trinajstić information content (AvgIpc) is 2.89. The molecule has 0 aliphatic heterocycles. The number of nitrogens with one attached hydrogen (secondary N) is 1. The predicted molar refractivity (Wildman–Crippen MR) is 86.3 cm³/mol. The third kappa shape index (κ3) is 4.15. The van der Waals surface area contributed by atoms with E-state index in [0.717, 1.165) is 12.4 Å². The lowest BCUT2D eigenvalue weighted by atomic mass is 10.1. The minimum Gasteiger partial charge on any atom is -0.352 e. The lowest BCUT2D eigenvalue weighted by molar-refractivity contribution is -0.385. The Hall–Kier alpha value is -2.70. The summed E-state index contributed by atoms with van der Waals surface area (Å²) < 4.78 is 2.03. The molecule has 2 rings (SSSR count). The Kier molecular flexibility index (Phi) is 5.10. The van der Waals surface area contributed by atoms with Gasteiger partial charge in [-0.25, -0.2) is 4.98 Å². The highest BCUT2D eigenvalue weighted by Crippen LogP contribution is 2.18. The summed E-state index contributed by atoms with van der Waals surface area (Å²) in [5.41, 5.74) is 0.925. The van der Waals surface area contributed by atoms with Gasteiger partial charge in [0.15, 0.2) is 0 Å². The molecular weight excluding hydrogens is 296 g/mol. The molecule has 7 heteroatoms. The van der Waals surface area contributed by atoms with E-state index in [1.165, 1.54) is 18.2 Å². The van der Waals surface area contributed by atoms with Gasteiger partial charge < -0.3 is 9.88 Å². The van der Waals surface area contributed by atoms with Gasteiger partial charge in [-0.15, -0.1) is 0 Å². The normalized spacial score (nSPS) is 12.0. The molecule has 0 bridgehead atoms. The maximum Gasteiger partial charge on any atom is 0.272 e. The number of nitro benzene ring substituents is 1. The summed E-state index contributed by atoms with van der Waals surface area (Å²) >= 11 is 0. The van der Waals surface area contributed by atoms with Gasteiger partial charge in [0.1, 0.15) is 5.82 Å². The fourth-order valence-electron chi connectivity index (χ4n) is 2.37. The fraction of sp³-hybridized carbons (Fsp3) is 0.375. The van der Waals surface area contributed by atoms with E-state index in [2.05, 4.69) is 10.3 Å². The van der Waals surface area contributed by atoms with Crippen LogP contribution in [0.4, 0.5) is 5.69 Å². The first kappa shape index (κ1) is 16.7. The molecule has 122 valence electrons. The van der Waals surface area contributed by atoms with E-state index in [4.69, 9.17) is 0 Å². The number of nitro groups is 1. The van der Waals surface area contributed by atoms with Crippen molar-refractivity contribution in [1.82, 2.24) is 14.9 Å². The Morgan fingerprint density at radius 2 is 2.17 bits per heavy atom. The number of hydrogen-bond acceptors (Lipinski definition) is 4. The smallest absolute Gasteiger partial charge is 0.272 e. The lowest BCUT2D eigenvalue weighted by Gasteiger charge is -2.14. The SMILES string of the molecule is Cc1cc(C(=O)NC[C@@H](C)Cn2ccnc2C)ccc1[N+](=O)[O-]. The molecule has 1 N–H and O–H groups in total. The zero-order valence-electron chi connectivity index (χ0n) is 13.4. The van der Waals surface area contributed by atoms with Gasteiger partial charge >= 0.3 is 0 Å². The lowest BCUT2D eigenvalue weighted by Crippen LogP contribution is -2.30. The van der Waals surface area contributed by atoms with Crippen LogP contribution in [-0.2, 0) is 6.54 Å². The van der Waals surface area contributed by atoms with Crippen LogP contribution < -0.4 is 5.32 Å². The summed E-state index contributed by atoms with van der Waals surface area (Å²) in [6, 6.07) is 4.38. The monoisotopic (exact) mass is 316 g/mol. The number of aryl methyl sites for hydroxylation is 2. The quantitative estimate of drug-likeness (QED) is 0.655. The van der Waals surface area contributed by atoms with Crippen molar-refractivity contribution in [2.45, 2.75) is 27.3 Å². The first-order valence-electron chi connectivity index (χ1n) is 7.39. The zero-order chi connectivity index (χ0) is 17.0. The van der Waals surface area contributed by atoms with Crippen LogP contribution in [0.15, 0.2) is 30.6 Å². The molecule has 0 radical (unpaired) electrons. The van der Waals surface area contributed by atoms with Crippen molar-refractivity contribution < 1.29 is 9.72 Å². The van der Waals surface area contributed by atoms with E-state index in [1.807, 2.05) is 24.6 Å². The maximum absolute atomic E-state index is 12.2. The van der Waals surface area contributed by atoms with Crippen LogP contribution in [0.2, 0.25) is 0 Å². The minimum absolute atomic E-state index is 0.0190. The van der Waals surface area contributed by atoms with Gasteiger partial charge in [-0.05, 0) is 31.9 Å². The molecule has 0 saturated heterocycles. The summed E-state index contributed by atoms with van der Waals surface area (Å²) in [5, 5.41) is 13.7. The third-order valence-corrected chi connectivity index (χ3v) is 3.70. The Bertz CT molecular complexity index is 724. The van der Waals surface area contributed by atoms with E-state index in [-0.39, 0.29) is 17.5 Å². The summed E-state index contributed by atoms with van der Waals surface area (Å²) in [7, 11) is 0. The topological polar surface area (TPSA) is 90.1 Å². The van der Waals surface area contributed by atoms with Crippen LogP contribution in [-0.4, -0.2) is 26.9 Å². The summed E-state index contributed by atoms with van der Waals surface area (Å²) in [6.07, 6.45) is 3.66. The molecule has 0 aliphatic rings. The van der Waals surface area contributed by atoms with Gasteiger partial charge in [-0.3, -0.25) is 14.9 Å². The highest BCUT2D eigenvalue weighted by atomic mass is 16.6. The van der Waals surface area contributed by atoms with Gasteiger partial charge in [-0.1, -0.05) is 6.92 Å². The van der Waals surface area contributed by atoms with Crippen molar-refractivity contribution in [2.75, 3.05) is 6.54 Å². The Morgan fingerprint density at radius 3 is 2.74 bits per heavy atom.